The summed E-state index contributed by atoms with van der Waals surface area (Å²) >= 11 is 0. The maximum absolute atomic E-state index is 10.8. The summed E-state index contributed by atoms with van der Waals surface area (Å²) in [6.45, 7) is 1.38. The zero-order chi connectivity index (χ0) is 8.97. The summed E-state index contributed by atoms with van der Waals surface area (Å²) in [4.78, 5) is 10.8. The molecule has 0 aromatic carbocycles. The van der Waals surface area contributed by atoms with Crippen molar-refractivity contribution in [1.29, 1.82) is 0 Å². The molecule has 0 amide bonds. The van der Waals surface area contributed by atoms with Crippen LogP contribution in [0.25, 0.3) is 0 Å². The van der Waals surface area contributed by atoms with Crippen molar-refractivity contribution in [2.75, 3.05) is 20.3 Å². The lowest BCUT2D eigenvalue weighted by atomic mass is 10.0. The Bertz CT molecular complexity index is 151. The third-order valence-electron chi connectivity index (χ3n) is 2.05. The van der Waals surface area contributed by atoms with Gasteiger partial charge in [0.1, 0.15) is 0 Å². The minimum Gasteiger partial charge on any atom is -0.467 e. The van der Waals surface area contributed by atoms with Gasteiger partial charge in [0, 0.05) is 13.2 Å². The number of hydrogen-bond acceptors (Lipinski definition) is 4. The van der Waals surface area contributed by atoms with Crippen LogP contribution in [0.1, 0.15) is 12.8 Å². The minimum absolute atomic E-state index is 0.305. The Kier molecular flexibility index (Phi) is 3.49. The standard InChI is InChI=1S/C8H14O4/c1-11-8(10)7(9)4-6-2-3-12-5-6/h6-7,9H,2-5H2,1H3. The lowest BCUT2D eigenvalue weighted by Crippen LogP contribution is -2.24. The largest absolute Gasteiger partial charge is 0.467 e. The number of aliphatic hydroxyl groups excluding tert-OH is 1. The molecule has 2 unspecified atom stereocenters. The third kappa shape index (κ3) is 2.46. The molecule has 1 saturated heterocycles. The summed E-state index contributed by atoms with van der Waals surface area (Å²) in [6.07, 6.45) is 0.391. The van der Waals surface area contributed by atoms with E-state index in [1.165, 1.54) is 7.11 Å². The number of aliphatic hydroxyl groups is 1. The first-order chi connectivity index (χ1) is 5.74. The van der Waals surface area contributed by atoms with Gasteiger partial charge >= 0.3 is 5.97 Å². The van der Waals surface area contributed by atoms with Gasteiger partial charge in [0.05, 0.1) is 7.11 Å². The maximum Gasteiger partial charge on any atom is 0.334 e. The summed E-state index contributed by atoms with van der Waals surface area (Å²) in [5.41, 5.74) is 0. The first-order valence-corrected chi connectivity index (χ1v) is 4.07. The van der Waals surface area contributed by atoms with E-state index >= 15 is 0 Å². The van der Waals surface area contributed by atoms with Crippen LogP contribution in [-0.4, -0.2) is 37.5 Å². The molecule has 1 aliphatic rings. The van der Waals surface area contributed by atoms with Gasteiger partial charge in [-0.25, -0.2) is 4.79 Å². The van der Waals surface area contributed by atoms with Gasteiger partial charge in [-0.2, -0.15) is 0 Å². The number of hydrogen-bond donors (Lipinski definition) is 1. The van der Waals surface area contributed by atoms with E-state index in [9.17, 15) is 9.90 Å². The predicted molar refractivity (Wildman–Crippen MR) is 41.6 cm³/mol. The highest BCUT2D eigenvalue weighted by atomic mass is 16.5. The summed E-state index contributed by atoms with van der Waals surface area (Å²) in [5, 5.41) is 9.25. The molecule has 0 aromatic heterocycles. The highest BCUT2D eigenvalue weighted by Crippen LogP contribution is 2.18. The van der Waals surface area contributed by atoms with Crippen molar-refractivity contribution < 1.29 is 19.4 Å². The zero-order valence-electron chi connectivity index (χ0n) is 7.16. The maximum atomic E-state index is 10.8. The lowest BCUT2D eigenvalue weighted by Gasteiger charge is -2.11. The fraction of sp³-hybridized carbons (Fsp3) is 0.875. The van der Waals surface area contributed by atoms with Crippen LogP contribution in [0.15, 0.2) is 0 Å². The van der Waals surface area contributed by atoms with Crippen molar-refractivity contribution in [2.45, 2.75) is 18.9 Å². The van der Waals surface area contributed by atoms with Crippen LogP contribution < -0.4 is 0 Å². The fourth-order valence-electron chi connectivity index (χ4n) is 1.32. The van der Waals surface area contributed by atoms with E-state index < -0.39 is 12.1 Å². The van der Waals surface area contributed by atoms with Crippen LogP contribution in [0.5, 0.6) is 0 Å². The number of carbonyl (C=O) groups excluding carboxylic acids is 1. The molecule has 0 aromatic rings. The van der Waals surface area contributed by atoms with Gasteiger partial charge in [-0.1, -0.05) is 0 Å². The van der Waals surface area contributed by atoms with E-state index in [0.717, 1.165) is 13.0 Å². The number of carbonyl (C=O) groups is 1. The fourth-order valence-corrected chi connectivity index (χ4v) is 1.32. The monoisotopic (exact) mass is 174 g/mol. The zero-order valence-corrected chi connectivity index (χ0v) is 7.16. The van der Waals surface area contributed by atoms with Crippen LogP contribution in [0.2, 0.25) is 0 Å². The van der Waals surface area contributed by atoms with Gasteiger partial charge in [-0.3, -0.25) is 0 Å². The minimum atomic E-state index is -0.985. The molecule has 1 fully saturated rings. The summed E-state index contributed by atoms with van der Waals surface area (Å²) < 4.78 is 9.50. The molecule has 0 bridgehead atoms. The molecule has 0 saturated carbocycles. The molecule has 1 rings (SSSR count). The molecule has 70 valence electrons. The number of methoxy groups -OCH3 is 1. The SMILES string of the molecule is COC(=O)C(O)CC1CCOC1. The average Bonchev–Trinajstić information content (AvgIpc) is 2.55. The smallest absolute Gasteiger partial charge is 0.334 e. The molecule has 0 aliphatic carbocycles. The predicted octanol–water partition coefficient (Wildman–Crippen LogP) is -0.0531. The van der Waals surface area contributed by atoms with Gasteiger partial charge in [-0.05, 0) is 18.8 Å². The summed E-state index contributed by atoms with van der Waals surface area (Å²) in [6, 6.07) is 0. The van der Waals surface area contributed by atoms with Gasteiger partial charge in [0.2, 0.25) is 0 Å². The molecule has 0 radical (unpaired) electrons. The Morgan fingerprint density at radius 2 is 2.58 bits per heavy atom. The molecule has 4 nitrogen and oxygen atoms in total. The highest BCUT2D eigenvalue weighted by Gasteiger charge is 2.23. The molecular weight excluding hydrogens is 160 g/mol. The van der Waals surface area contributed by atoms with E-state index in [4.69, 9.17) is 4.74 Å². The van der Waals surface area contributed by atoms with Crippen molar-refractivity contribution in [3.63, 3.8) is 0 Å². The Morgan fingerprint density at radius 1 is 1.83 bits per heavy atom. The van der Waals surface area contributed by atoms with E-state index in [-0.39, 0.29) is 0 Å². The second-order valence-corrected chi connectivity index (χ2v) is 3.00. The van der Waals surface area contributed by atoms with E-state index in [2.05, 4.69) is 4.74 Å². The quantitative estimate of drug-likeness (QED) is 0.609. The first-order valence-electron chi connectivity index (χ1n) is 4.07. The van der Waals surface area contributed by atoms with Crippen LogP contribution in [0, 0.1) is 5.92 Å². The van der Waals surface area contributed by atoms with E-state index in [1.54, 1.807) is 0 Å². The highest BCUT2D eigenvalue weighted by molar-refractivity contribution is 5.74. The second-order valence-electron chi connectivity index (χ2n) is 3.00. The van der Waals surface area contributed by atoms with Crippen LogP contribution in [0.3, 0.4) is 0 Å². The third-order valence-corrected chi connectivity index (χ3v) is 2.05. The topological polar surface area (TPSA) is 55.8 Å². The van der Waals surface area contributed by atoms with Crippen molar-refractivity contribution in [3.05, 3.63) is 0 Å². The van der Waals surface area contributed by atoms with Gasteiger partial charge in [-0.15, -0.1) is 0 Å². The van der Waals surface area contributed by atoms with Gasteiger partial charge in [0.25, 0.3) is 0 Å². The average molecular weight is 174 g/mol. The molecule has 1 N–H and O–H groups in total. The Labute approximate surface area is 71.5 Å². The van der Waals surface area contributed by atoms with Crippen LogP contribution in [0.4, 0.5) is 0 Å². The van der Waals surface area contributed by atoms with Crippen LogP contribution >= 0.6 is 0 Å². The molecule has 2 atom stereocenters. The molecular formula is C8H14O4. The second kappa shape index (κ2) is 4.42. The molecule has 1 aliphatic heterocycles. The number of ether oxygens (including phenoxy) is 2. The lowest BCUT2D eigenvalue weighted by molar-refractivity contribution is -0.151. The molecule has 1 heterocycles. The van der Waals surface area contributed by atoms with E-state index in [1.807, 2.05) is 0 Å². The normalized spacial score (nSPS) is 25.3. The first kappa shape index (κ1) is 9.48. The molecule has 12 heavy (non-hydrogen) atoms. The summed E-state index contributed by atoms with van der Waals surface area (Å²) in [5.74, 6) is -0.249. The van der Waals surface area contributed by atoms with Gasteiger partial charge < -0.3 is 14.6 Å². The van der Waals surface area contributed by atoms with E-state index in [0.29, 0.717) is 18.9 Å². The molecule has 0 spiro atoms. The van der Waals surface area contributed by atoms with Crippen molar-refractivity contribution in [2.24, 2.45) is 5.92 Å². The summed E-state index contributed by atoms with van der Waals surface area (Å²) in [7, 11) is 1.27. The Morgan fingerprint density at radius 3 is 3.08 bits per heavy atom. The van der Waals surface area contributed by atoms with Crippen molar-refractivity contribution >= 4 is 5.97 Å². The van der Waals surface area contributed by atoms with Crippen molar-refractivity contribution in [3.8, 4) is 0 Å². The number of rotatable bonds is 3. The molecule has 4 heteroatoms. The Balaban J connectivity index is 2.24. The Hall–Kier alpha value is -0.610. The van der Waals surface area contributed by atoms with Crippen LogP contribution in [-0.2, 0) is 14.3 Å². The van der Waals surface area contributed by atoms with Gasteiger partial charge in [0.15, 0.2) is 6.10 Å². The van der Waals surface area contributed by atoms with Crippen molar-refractivity contribution in [1.82, 2.24) is 0 Å². The number of esters is 1.